The molecule has 0 aliphatic rings. The third-order valence-electron chi connectivity index (χ3n) is 2.54. The van der Waals surface area contributed by atoms with Gasteiger partial charge in [-0.05, 0) is 36.8 Å². The van der Waals surface area contributed by atoms with Gasteiger partial charge in [-0.3, -0.25) is 5.43 Å². The Balaban J connectivity index is 1.91. The standard InChI is InChI=1S/C15H14FN3S/c1-11-5-4-6-12(9-11)10-17-19-15(20)18-14-8-3-2-7-13(14)16/h2-10H,1H3,(H2,18,19,20)/b17-10-. The van der Waals surface area contributed by atoms with Crippen molar-refractivity contribution in [2.75, 3.05) is 5.32 Å². The van der Waals surface area contributed by atoms with E-state index in [-0.39, 0.29) is 10.9 Å². The van der Waals surface area contributed by atoms with E-state index in [2.05, 4.69) is 15.8 Å². The maximum Gasteiger partial charge on any atom is 0.191 e. The van der Waals surface area contributed by atoms with Gasteiger partial charge in [0.05, 0.1) is 11.9 Å². The van der Waals surface area contributed by atoms with Crippen LogP contribution in [0.3, 0.4) is 0 Å². The molecule has 2 aromatic rings. The molecule has 0 aromatic heterocycles. The molecule has 0 aliphatic carbocycles. The first-order chi connectivity index (χ1) is 9.65. The second-order valence-electron chi connectivity index (χ2n) is 4.22. The molecule has 0 fully saturated rings. The Kier molecular flexibility index (Phi) is 4.79. The summed E-state index contributed by atoms with van der Waals surface area (Å²) >= 11 is 5.03. The van der Waals surface area contributed by atoms with Crippen LogP contribution in [0.1, 0.15) is 11.1 Å². The first-order valence-electron chi connectivity index (χ1n) is 6.06. The Morgan fingerprint density at radius 3 is 2.75 bits per heavy atom. The van der Waals surface area contributed by atoms with Gasteiger partial charge in [0.1, 0.15) is 5.82 Å². The van der Waals surface area contributed by atoms with E-state index in [1.54, 1.807) is 24.4 Å². The Bertz CT molecular complexity index is 641. The van der Waals surface area contributed by atoms with Gasteiger partial charge in [-0.2, -0.15) is 5.10 Å². The van der Waals surface area contributed by atoms with E-state index in [0.717, 1.165) is 11.1 Å². The van der Waals surface area contributed by atoms with E-state index in [0.29, 0.717) is 5.69 Å². The van der Waals surface area contributed by atoms with Crippen molar-refractivity contribution in [3.8, 4) is 0 Å². The maximum atomic E-state index is 13.4. The lowest BCUT2D eigenvalue weighted by atomic mass is 10.2. The highest BCUT2D eigenvalue weighted by Gasteiger charge is 2.01. The van der Waals surface area contributed by atoms with Crippen molar-refractivity contribution in [2.45, 2.75) is 6.92 Å². The van der Waals surface area contributed by atoms with Crippen LogP contribution in [-0.4, -0.2) is 11.3 Å². The fraction of sp³-hybridized carbons (Fsp3) is 0.0667. The summed E-state index contributed by atoms with van der Waals surface area (Å²) in [4.78, 5) is 0. The molecule has 20 heavy (non-hydrogen) atoms. The van der Waals surface area contributed by atoms with Crippen LogP contribution in [0.15, 0.2) is 53.6 Å². The number of rotatable bonds is 3. The minimum atomic E-state index is -0.362. The number of benzene rings is 2. The Labute approximate surface area is 122 Å². The molecule has 0 bridgehead atoms. The number of thiocarbonyl (C=S) groups is 1. The molecular formula is C15H14FN3S. The minimum Gasteiger partial charge on any atom is -0.329 e. The van der Waals surface area contributed by atoms with E-state index in [1.165, 1.54) is 6.07 Å². The van der Waals surface area contributed by atoms with Gasteiger partial charge >= 0.3 is 0 Å². The fourth-order valence-electron chi connectivity index (χ4n) is 1.63. The number of hydrogen-bond acceptors (Lipinski definition) is 2. The van der Waals surface area contributed by atoms with Gasteiger partial charge in [-0.25, -0.2) is 4.39 Å². The first kappa shape index (κ1) is 14.1. The molecular weight excluding hydrogens is 273 g/mol. The summed E-state index contributed by atoms with van der Waals surface area (Å²) in [5.74, 6) is -0.362. The number of para-hydroxylation sites is 1. The van der Waals surface area contributed by atoms with E-state index < -0.39 is 0 Å². The number of aryl methyl sites for hydroxylation is 1. The topological polar surface area (TPSA) is 36.4 Å². The molecule has 3 nitrogen and oxygen atoms in total. The highest BCUT2D eigenvalue weighted by Crippen LogP contribution is 2.11. The SMILES string of the molecule is Cc1cccc(/C=N\NC(=S)Nc2ccccc2F)c1. The van der Waals surface area contributed by atoms with Gasteiger partial charge in [0.2, 0.25) is 0 Å². The average molecular weight is 287 g/mol. The summed E-state index contributed by atoms with van der Waals surface area (Å²) in [6, 6.07) is 14.2. The predicted molar refractivity (Wildman–Crippen MR) is 84.5 cm³/mol. The van der Waals surface area contributed by atoms with Gasteiger partial charge in [0, 0.05) is 0 Å². The summed E-state index contributed by atoms with van der Waals surface area (Å²) in [7, 11) is 0. The normalized spacial score (nSPS) is 10.5. The Morgan fingerprint density at radius 2 is 2.00 bits per heavy atom. The molecule has 0 saturated carbocycles. The van der Waals surface area contributed by atoms with Crippen molar-refractivity contribution in [1.82, 2.24) is 5.43 Å². The molecule has 0 aliphatic heterocycles. The molecule has 2 rings (SSSR count). The summed E-state index contributed by atoms with van der Waals surface area (Å²) in [5, 5.41) is 6.98. The van der Waals surface area contributed by atoms with E-state index >= 15 is 0 Å². The number of nitrogens with one attached hydrogen (secondary N) is 2. The van der Waals surface area contributed by atoms with Crippen molar-refractivity contribution < 1.29 is 4.39 Å². The summed E-state index contributed by atoms with van der Waals surface area (Å²) in [5.41, 5.74) is 5.08. The summed E-state index contributed by atoms with van der Waals surface area (Å²) in [6.45, 7) is 2.01. The number of anilines is 1. The highest BCUT2D eigenvalue weighted by atomic mass is 32.1. The van der Waals surface area contributed by atoms with Crippen molar-refractivity contribution in [3.63, 3.8) is 0 Å². The predicted octanol–water partition coefficient (Wildman–Crippen LogP) is 3.45. The van der Waals surface area contributed by atoms with Crippen LogP contribution < -0.4 is 10.7 Å². The molecule has 102 valence electrons. The third kappa shape index (κ3) is 4.13. The zero-order valence-corrected chi connectivity index (χ0v) is 11.7. The molecule has 2 N–H and O–H groups in total. The average Bonchev–Trinajstić information content (AvgIpc) is 2.41. The molecule has 0 unspecified atom stereocenters. The summed E-state index contributed by atoms with van der Waals surface area (Å²) < 4.78 is 13.4. The van der Waals surface area contributed by atoms with Crippen LogP contribution in [0, 0.1) is 12.7 Å². The second-order valence-corrected chi connectivity index (χ2v) is 4.63. The van der Waals surface area contributed by atoms with Gasteiger partial charge < -0.3 is 5.32 Å². The second kappa shape index (κ2) is 6.77. The smallest absolute Gasteiger partial charge is 0.191 e. The lowest BCUT2D eigenvalue weighted by molar-refractivity contribution is 0.632. The largest absolute Gasteiger partial charge is 0.329 e. The lowest BCUT2D eigenvalue weighted by Gasteiger charge is -2.07. The van der Waals surface area contributed by atoms with Crippen LogP contribution in [0.5, 0.6) is 0 Å². The molecule has 0 radical (unpaired) electrons. The van der Waals surface area contributed by atoms with E-state index in [4.69, 9.17) is 12.2 Å². The molecule has 0 heterocycles. The minimum absolute atomic E-state index is 0.235. The molecule has 0 saturated heterocycles. The van der Waals surface area contributed by atoms with Crippen LogP contribution in [-0.2, 0) is 0 Å². The summed E-state index contributed by atoms with van der Waals surface area (Å²) in [6.07, 6.45) is 1.66. The number of hydrogen-bond donors (Lipinski definition) is 2. The van der Waals surface area contributed by atoms with Gasteiger partial charge in [0.15, 0.2) is 5.11 Å². The number of hydrazone groups is 1. The van der Waals surface area contributed by atoms with Gasteiger partial charge in [-0.1, -0.05) is 42.0 Å². The van der Waals surface area contributed by atoms with E-state index in [1.807, 2.05) is 31.2 Å². The van der Waals surface area contributed by atoms with Crippen LogP contribution in [0.4, 0.5) is 10.1 Å². The van der Waals surface area contributed by atoms with Crippen molar-refractivity contribution >= 4 is 29.2 Å². The van der Waals surface area contributed by atoms with Crippen molar-refractivity contribution in [1.29, 1.82) is 0 Å². The number of nitrogens with zero attached hydrogens (tertiary/aromatic N) is 1. The Hall–Kier alpha value is -2.27. The van der Waals surface area contributed by atoms with Gasteiger partial charge in [-0.15, -0.1) is 0 Å². The van der Waals surface area contributed by atoms with Crippen LogP contribution >= 0.6 is 12.2 Å². The molecule has 0 amide bonds. The first-order valence-corrected chi connectivity index (χ1v) is 6.47. The molecule has 2 aromatic carbocycles. The van der Waals surface area contributed by atoms with Crippen LogP contribution in [0.2, 0.25) is 0 Å². The van der Waals surface area contributed by atoms with Crippen molar-refractivity contribution in [2.24, 2.45) is 5.10 Å². The van der Waals surface area contributed by atoms with Crippen molar-refractivity contribution in [3.05, 3.63) is 65.5 Å². The van der Waals surface area contributed by atoms with Gasteiger partial charge in [0.25, 0.3) is 0 Å². The molecule has 0 atom stereocenters. The highest BCUT2D eigenvalue weighted by molar-refractivity contribution is 7.80. The monoisotopic (exact) mass is 287 g/mol. The zero-order chi connectivity index (χ0) is 14.4. The Morgan fingerprint density at radius 1 is 1.20 bits per heavy atom. The number of halogens is 1. The van der Waals surface area contributed by atoms with Crippen LogP contribution in [0.25, 0.3) is 0 Å². The quantitative estimate of drug-likeness (QED) is 0.516. The fourth-order valence-corrected chi connectivity index (χ4v) is 1.79. The molecule has 5 heteroatoms. The zero-order valence-electron chi connectivity index (χ0n) is 10.9. The lowest BCUT2D eigenvalue weighted by Crippen LogP contribution is -2.24. The third-order valence-corrected chi connectivity index (χ3v) is 2.74. The van der Waals surface area contributed by atoms with E-state index in [9.17, 15) is 4.39 Å². The maximum absolute atomic E-state index is 13.4. The molecule has 0 spiro atoms.